The Morgan fingerprint density at radius 3 is 2.56 bits per heavy atom. The van der Waals surface area contributed by atoms with Crippen molar-refractivity contribution in [1.82, 2.24) is 14.8 Å². The number of halogens is 4. The molecule has 0 spiro atoms. The third-order valence-electron chi connectivity index (χ3n) is 3.52. The van der Waals surface area contributed by atoms with Gasteiger partial charge in [-0.2, -0.15) is 13.2 Å². The van der Waals surface area contributed by atoms with Gasteiger partial charge in [0.05, 0.1) is 17.0 Å². The minimum atomic E-state index is -4.49. The normalized spacial score (nSPS) is 11.6. The van der Waals surface area contributed by atoms with Crippen LogP contribution in [0.5, 0.6) is 0 Å². The molecule has 1 amide bonds. The van der Waals surface area contributed by atoms with Crippen LogP contribution in [0.4, 0.5) is 13.2 Å². The Morgan fingerprint density at radius 2 is 1.89 bits per heavy atom. The van der Waals surface area contributed by atoms with Gasteiger partial charge in [0.25, 0.3) is 0 Å². The van der Waals surface area contributed by atoms with Crippen LogP contribution >= 0.6 is 27.7 Å². The second-order valence-corrected chi connectivity index (χ2v) is 7.22. The number of carbonyl (C=O) groups excluding carboxylic acids is 1. The van der Waals surface area contributed by atoms with E-state index in [9.17, 15) is 18.0 Å². The summed E-state index contributed by atoms with van der Waals surface area (Å²) in [5.74, 6) is -0.303. The van der Waals surface area contributed by atoms with Crippen LogP contribution in [0.15, 0.2) is 58.2 Å². The van der Waals surface area contributed by atoms with Crippen LogP contribution in [-0.2, 0) is 11.0 Å². The quantitative estimate of drug-likeness (QED) is 0.581. The summed E-state index contributed by atoms with van der Waals surface area (Å²) in [6.45, 7) is 0. The summed E-state index contributed by atoms with van der Waals surface area (Å²) in [6, 6.07) is 12.0. The second-order valence-electron chi connectivity index (χ2n) is 5.42. The molecule has 0 bridgehead atoms. The smallest absolute Gasteiger partial charge is 0.369 e. The highest BCUT2D eigenvalue weighted by atomic mass is 79.9. The number of nitrogens with two attached hydrogens (primary N) is 1. The zero-order valence-corrected chi connectivity index (χ0v) is 16.0. The molecule has 10 heteroatoms. The summed E-state index contributed by atoms with van der Waals surface area (Å²) >= 11 is 4.42. The van der Waals surface area contributed by atoms with Crippen molar-refractivity contribution in [3.63, 3.8) is 0 Å². The fourth-order valence-electron chi connectivity index (χ4n) is 2.37. The van der Waals surface area contributed by atoms with Gasteiger partial charge in [-0.15, -0.1) is 10.2 Å². The molecule has 2 N–H and O–H groups in total. The number of amides is 1. The maximum Gasteiger partial charge on any atom is 0.416 e. The van der Waals surface area contributed by atoms with Crippen LogP contribution in [0.2, 0.25) is 0 Å². The Balaban J connectivity index is 2.18. The third kappa shape index (κ3) is 4.33. The van der Waals surface area contributed by atoms with Crippen LogP contribution in [0.25, 0.3) is 17.1 Å². The highest BCUT2D eigenvalue weighted by Gasteiger charge is 2.31. The molecule has 0 saturated heterocycles. The molecule has 5 nitrogen and oxygen atoms in total. The van der Waals surface area contributed by atoms with E-state index in [-0.39, 0.29) is 16.6 Å². The Labute approximate surface area is 164 Å². The molecule has 0 saturated carbocycles. The number of benzene rings is 2. The second kappa shape index (κ2) is 7.73. The molecular weight excluding hydrogens is 445 g/mol. The van der Waals surface area contributed by atoms with Crippen molar-refractivity contribution in [3.8, 4) is 17.1 Å². The molecule has 0 radical (unpaired) electrons. The highest BCUT2D eigenvalue weighted by molar-refractivity contribution is 9.10. The maximum atomic E-state index is 13.1. The lowest BCUT2D eigenvalue weighted by Gasteiger charge is -2.13. The fourth-order valence-corrected chi connectivity index (χ4v) is 3.52. The van der Waals surface area contributed by atoms with Gasteiger partial charge in [0.2, 0.25) is 5.91 Å². The van der Waals surface area contributed by atoms with E-state index in [1.807, 2.05) is 0 Å². The number of primary amides is 1. The maximum absolute atomic E-state index is 13.1. The minimum Gasteiger partial charge on any atom is -0.369 e. The zero-order chi connectivity index (χ0) is 19.6. The predicted octanol–water partition coefficient (Wildman–Crippen LogP) is 4.29. The van der Waals surface area contributed by atoms with Crippen molar-refractivity contribution in [3.05, 3.63) is 58.6 Å². The number of hydrogen-bond acceptors (Lipinski definition) is 4. The number of alkyl halides is 3. The number of nitrogens with zero attached hydrogens (tertiary/aromatic N) is 3. The molecule has 140 valence electrons. The van der Waals surface area contributed by atoms with Gasteiger partial charge in [-0.1, -0.05) is 52.0 Å². The first-order valence-electron chi connectivity index (χ1n) is 7.56. The number of rotatable bonds is 5. The molecule has 0 aliphatic rings. The van der Waals surface area contributed by atoms with E-state index in [1.54, 1.807) is 24.3 Å². The lowest BCUT2D eigenvalue weighted by atomic mass is 10.1. The monoisotopic (exact) mass is 456 g/mol. The largest absolute Gasteiger partial charge is 0.416 e. The van der Waals surface area contributed by atoms with Gasteiger partial charge in [0.15, 0.2) is 11.0 Å². The van der Waals surface area contributed by atoms with Crippen molar-refractivity contribution < 1.29 is 18.0 Å². The molecule has 27 heavy (non-hydrogen) atoms. The van der Waals surface area contributed by atoms with Gasteiger partial charge in [-0.3, -0.25) is 9.36 Å². The average molecular weight is 457 g/mol. The van der Waals surface area contributed by atoms with Gasteiger partial charge in [0.1, 0.15) is 0 Å². The van der Waals surface area contributed by atoms with Crippen LogP contribution in [0, 0.1) is 0 Å². The molecule has 0 unspecified atom stereocenters. The number of thioether (sulfide) groups is 1. The first kappa shape index (κ1) is 19.4. The molecule has 2 aromatic carbocycles. The van der Waals surface area contributed by atoms with Crippen LogP contribution in [0.3, 0.4) is 0 Å². The SMILES string of the molecule is NC(=O)CSc1nnc(-c2ccccc2Br)n1-c1cccc(C(F)(F)F)c1. The van der Waals surface area contributed by atoms with E-state index >= 15 is 0 Å². The van der Waals surface area contributed by atoms with E-state index in [4.69, 9.17) is 5.73 Å². The van der Waals surface area contributed by atoms with Crippen LogP contribution in [0.1, 0.15) is 5.56 Å². The predicted molar refractivity (Wildman–Crippen MR) is 99.4 cm³/mol. The zero-order valence-electron chi connectivity index (χ0n) is 13.6. The average Bonchev–Trinajstić information content (AvgIpc) is 3.03. The Morgan fingerprint density at radius 1 is 1.15 bits per heavy atom. The molecule has 0 atom stereocenters. The Kier molecular flexibility index (Phi) is 5.56. The fraction of sp³-hybridized carbons (Fsp3) is 0.118. The van der Waals surface area contributed by atoms with E-state index in [1.165, 1.54) is 16.7 Å². The third-order valence-corrected chi connectivity index (χ3v) is 5.17. The summed E-state index contributed by atoms with van der Waals surface area (Å²) in [6.07, 6.45) is -4.49. The summed E-state index contributed by atoms with van der Waals surface area (Å²) < 4.78 is 41.6. The Hall–Kier alpha value is -2.33. The summed E-state index contributed by atoms with van der Waals surface area (Å²) in [4.78, 5) is 11.1. The lowest BCUT2D eigenvalue weighted by molar-refractivity contribution is -0.137. The first-order chi connectivity index (χ1) is 12.8. The van der Waals surface area contributed by atoms with E-state index in [0.717, 1.165) is 23.9 Å². The van der Waals surface area contributed by atoms with E-state index < -0.39 is 17.6 Å². The van der Waals surface area contributed by atoms with Crippen LogP contribution in [-0.4, -0.2) is 26.4 Å². The lowest BCUT2D eigenvalue weighted by Crippen LogP contribution is -2.14. The van der Waals surface area contributed by atoms with E-state index in [0.29, 0.717) is 15.9 Å². The van der Waals surface area contributed by atoms with Gasteiger partial charge >= 0.3 is 6.18 Å². The molecule has 0 fully saturated rings. The number of hydrogen-bond donors (Lipinski definition) is 1. The van der Waals surface area contributed by atoms with Crippen molar-refractivity contribution >= 4 is 33.6 Å². The standard InChI is InChI=1S/C17H12BrF3N4OS/c18-13-7-2-1-6-12(13)15-23-24-16(27-9-14(22)26)25(15)11-5-3-4-10(8-11)17(19,20)21/h1-8H,9H2,(H2,22,26). The molecule has 1 heterocycles. The minimum absolute atomic E-state index is 0.0763. The summed E-state index contributed by atoms with van der Waals surface area (Å²) in [5.41, 5.74) is 5.26. The molecule has 3 aromatic rings. The molecule has 1 aromatic heterocycles. The van der Waals surface area contributed by atoms with Crippen molar-refractivity contribution in [2.24, 2.45) is 5.73 Å². The first-order valence-corrected chi connectivity index (χ1v) is 9.34. The molecule has 3 rings (SSSR count). The Bertz CT molecular complexity index is 990. The topological polar surface area (TPSA) is 73.8 Å². The summed E-state index contributed by atoms with van der Waals surface area (Å²) in [7, 11) is 0. The van der Waals surface area contributed by atoms with Crippen molar-refractivity contribution in [2.45, 2.75) is 11.3 Å². The highest BCUT2D eigenvalue weighted by Crippen LogP contribution is 2.35. The van der Waals surface area contributed by atoms with Crippen molar-refractivity contribution in [1.29, 1.82) is 0 Å². The number of aromatic nitrogens is 3. The number of carbonyl (C=O) groups is 1. The van der Waals surface area contributed by atoms with Gasteiger partial charge in [-0.05, 0) is 24.3 Å². The molecule has 0 aliphatic heterocycles. The molecule has 0 aliphatic carbocycles. The van der Waals surface area contributed by atoms with Crippen molar-refractivity contribution in [2.75, 3.05) is 5.75 Å². The van der Waals surface area contributed by atoms with Gasteiger partial charge in [0, 0.05) is 10.0 Å². The van der Waals surface area contributed by atoms with Gasteiger partial charge < -0.3 is 5.73 Å². The van der Waals surface area contributed by atoms with Gasteiger partial charge in [-0.25, -0.2) is 0 Å². The summed E-state index contributed by atoms with van der Waals surface area (Å²) in [5, 5.41) is 8.42. The molecular formula is C17H12BrF3N4OS. The van der Waals surface area contributed by atoms with E-state index in [2.05, 4.69) is 26.1 Å². The van der Waals surface area contributed by atoms with Crippen LogP contribution < -0.4 is 5.73 Å².